The van der Waals surface area contributed by atoms with Crippen molar-refractivity contribution in [2.24, 2.45) is 11.1 Å². The molecule has 2 N–H and O–H groups in total. The Bertz CT molecular complexity index is 394. The van der Waals surface area contributed by atoms with E-state index < -0.39 is 0 Å². The van der Waals surface area contributed by atoms with Crippen molar-refractivity contribution < 1.29 is 0 Å². The van der Waals surface area contributed by atoms with E-state index in [2.05, 4.69) is 24.1 Å². The predicted molar refractivity (Wildman–Crippen MR) is 87.0 cm³/mol. The average molecular weight is 295 g/mol. The highest BCUT2D eigenvalue weighted by atomic mass is 35.5. The lowest BCUT2D eigenvalue weighted by molar-refractivity contribution is 0.153. The zero-order valence-corrected chi connectivity index (χ0v) is 13.3. The second-order valence-electron chi connectivity index (χ2n) is 6.42. The molecule has 1 aromatic rings. The number of hydrogen-bond acceptors (Lipinski definition) is 2. The highest BCUT2D eigenvalue weighted by molar-refractivity contribution is 6.30. The highest BCUT2D eigenvalue weighted by Crippen LogP contribution is 2.35. The first-order valence-electron chi connectivity index (χ1n) is 7.77. The molecule has 0 aromatic heterocycles. The first kappa shape index (κ1) is 15.8. The molecule has 0 atom stereocenters. The summed E-state index contributed by atoms with van der Waals surface area (Å²) >= 11 is 5.94. The van der Waals surface area contributed by atoms with E-state index in [1.807, 2.05) is 12.1 Å². The third kappa shape index (κ3) is 4.47. The van der Waals surface area contributed by atoms with Crippen molar-refractivity contribution in [2.45, 2.75) is 45.1 Å². The van der Waals surface area contributed by atoms with E-state index >= 15 is 0 Å². The van der Waals surface area contributed by atoms with E-state index in [1.54, 1.807) is 0 Å². The zero-order valence-electron chi connectivity index (χ0n) is 12.6. The van der Waals surface area contributed by atoms with Gasteiger partial charge in [-0.25, -0.2) is 0 Å². The fraction of sp³-hybridized carbons (Fsp3) is 0.647. The van der Waals surface area contributed by atoms with Gasteiger partial charge in [0.25, 0.3) is 0 Å². The summed E-state index contributed by atoms with van der Waals surface area (Å²) in [5.41, 5.74) is 7.77. The minimum atomic E-state index is 0.331. The molecule has 1 aliphatic carbocycles. The van der Waals surface area contributed by atoms with Crippen LogP contribution in [0.25, 0.3) is 0 Å². The smallest absolute Gasteiger partial charge is 0.0406 e. The number of rotatable bonds is 5. The number of nitrogens with zero attached hydrogens (tertiary/aromatic N) is 1. The summed E-state index contributed by atoms with van der Waals surface area (Å²) in [5.74, 6) is 0. The Morgan fingerprint density at radius 3 is 2.25 bits per heavy atom. The summed E-state index contributed by atoms with van der Waals surface area (Å²) in [4.78, 5) is 2.42. The lowest BCUT2D eigenvalue weighted by atomic mass is 9.80. The van der Waals surface area contributed by atoms with Crippen molar-refractivity contribution >= 4 is 11.6 Å². The molecule has 112 valence electrons. The van der Waals surface area contributed by atoms with E-state index in [0.29, 0.717) is 5.41 Å². The Hall–Kier alpha value is -0.570. The maximum atomic E-state index is 6.13. The molecule has 1 aliphatic rings. The van der Waals surface area contributed by atoms with Gasteiger partial charge in [-0.1, -0.05) is 49.4 Å². The lowest BCUT2D eigenvalue weighted by Crippen LogP contribution is -2.40. The summed E-state index contributed by atoms with van der Waals surface area (Å²) in [5, 5.41) is 0.804. The van der Waals surface area contributed by atoms with Crippen LogP contribution in [-0.4, -0.2) is 25.0 Å². The summed E-state index contributed by atoms with van der Waals surface area (Å²) in [7, 11) is 2.21. The molecule has 2 nitrogen and oxygen atoms in total. The quantitative estimate of drug-likeness (QED) is 0.830. The van der Waals surface area contributed by atoms with Gasteiger partial charge in [-0.2, -0.15) is 0 Å². The molecule has 0 spiro atoms. The van der Waals surface area contributed by atoms with Gasteiger partial charge < -0.3 is 10.6 Å². The minimum absolute atomic E-state index is 0.331. The number of halogens is 1. The Labute approximate surface area is 128 Å². The molecule has 1 saturated carbocycles. The first-order valence-corrected chi connectivity index (χ1v) is 8.14. The fourth-order valence-corrected chi connectivity index (χ4v) is 3.56. The van der Waals surface area contributed by atoms with Gasteiger partial charge in [0.05, 0.1) is 0 Å². The molecule has 0 bridgehead atoms. The van der Waals surface area contributed by atoms with Gasteiger partial charge in [-0.05, 0) is 49.5 Å². The van der Waals surface area contributed by atoms with Crippen LogP contribution in [0.2, 0.25) is 5.02 Å². The van der Waals surface area contributed by atoms with Crippen LogP contribution >= 0.6 is 11.6 Å². The summed E-state index contributed by atoms with van der Waals surface area (Å²) in [6.07, 6.45) is 8.01. The zero-order chi connectivity index (χ0) is 14.4. The number of hydrogen-bond donors (Lipinski definition) is 1. The minimum Gasteiger partial charge on any atom is -0.330 e. The Kier molecular flexibility index (Phi) is 5.88. The van der Waals surface area contributed by atoms with Crippen LogP contribution < -0.4 is 5.73 Å². The molecule has 0 amide bonds. The highest BCUT2D eigenvalue weighted by Gasteiger charge is 2.30. The van der Waals surface area contributed by atoms with Crippen molar-refractivity contribution in [3.8, 4) is 0 Å². The Morgan fingerprint density at radius 2 is 1.70 bits per heavy atom. The van der Waals surface area contributed by atoms with Crippen LogP contribution in [0.1, 0.15) is 44.1 Å². The molecule has 3 heteroatoms. The fourth-order valence-electron chi connectivity index (χ4n) is 3.44. The van der Waals surface area contributed by atoms with Gasteiger partial charge in [0.1, 0.15) is 0 Å². The third-order valence-corrected chi connectivity index (χ3v) is 4.82. The van der Waals surface area contributed by atoms with Gasteiger partial charge in [0, 0.05) is 18.1 Å². The molecule has 1 fully saturated rings. The van der Waals surface area contributed by atoms with E-state index in [4.69, 9.17) is 17.3 Å². The van der Waals surface area contributed by atoms with Crippen LogP contribution in [0.4, 0.5) is 0 Å². The monoisotopic (exact) mass is 294 g/mol. The lowest BCUT2D eigenvalue weighted by Gasteiger charge is -2.35. The van der Waals surface area contributed by atoms with Gasteiger partial charge in [0.2, 0.25) is 0 Å². The van der Waals surface area contributed by atoms with Gasteiger partial charge in [-0.15, -0.1) is 0 Å². The normalized spacial score (nSPS) is 19.0. The van der Waals surface area contributed by atoms with E-state index in [-0.39, 0.29) is 0 Å². The second kappa shape index (κ2) is 7.44. The van der Waals surface area contributed by atoms with Crippen LogP contribution in [0.5, 0.6) is 0 Å². The van der Waals surface area contributed by atoms with Gasteiger partial charge in [0.15, 0.2) is 0 Å². The molecular formula is C17H27ClN2. The SMILES string of the molecule is CN(Cc1ccc(Cl)cc1)CC1(CN)CCCCCC1. The summed E-state index contributed by atoms with van der Waals surface area (Å²) in [6.45, 7) is 2.89. The number of benzene rings is 1. The molecule has 1 aromatic carbocycles. The summed E-state index contributed by atoms with van der Waals surface area (Å²) in [6, 6.07) is 8.16. The van der Waals surface area contributed by atoms with Gasteiger partial charge in [-0.3, -0.25) is 0 Å². The third-order valence-electron chi connectivity index (χ3n) is 4.57. The number of nitrogens with two attached hydrogens (primary N) is 1. The van der Waals surface area contributed by atoms with Crippen molar-refractivity contribution in [3.63, 3.8) is 0 Å². The molecule has 2 rings (SSSR count). The van der Waals surface area contributed by atoms with Crippen molar-refractivity contribution in [1.29, 1.82) is 0 Å². The van der Waals surface area contributed by atoms with Crippen LogP contribution in [0.15, 0.2) is 24.3 Å². The molecule has 0 aliphatic heterocycles. The Morgan fingerprint density at radius 1 is 1.10 bits per heavy atom. The van der Waals surface area contributed by atoms with Crippen LogP contribution in [0, 0.1) is 5.41 Å². The molecule has 0 radical (unpaired) electrons. The predicted octanol–water partition coefficient (Wildman–Crippen LogP) is 4.07. The average Bonchev–Trinajstić information content (AvgIpc) is 2.67. The molecule has 0 heterocycles. The molecule has 0 unspecified atom stereocenters. The van der Waals surface area contributed by atoms with Crippen molar-refractivity contribution in [1.82, 2.24) is 4.90 Å². The maximum absolute atomic E-state index is 6.13. The Balaban J connectivity index is 1.94. The maximum Gasteiger partial charge on any atom is 0.0406 e. The first-order chi connectivity index (χ1) is 9.63. The second-order valence-corrected chi connectivity index (χ2v) is 6.85. The molecule has 0 saturated heterocycles. The largest absolute Gasteiger partial charge is 0.330 e. The van der Waals surface area contributed by atoms with E-state index in [0.717, 1.165) is 24.7 Å². The standard InChI is InChI=1S/C17H27ClN2/c1-20(12-15-6-8-16(18)9-7-15)14-17(13-19)10-4-2-3-5-11-17/h6-9H,2-5,10-14,19H2,1H3. The molecular weight excluding hydrogens is 268 g/mol. The topological polar surface area (TPSA) is 29.3 Å². The van der Waals surface area contributed by atoms with E-state index in [9.17, 15) is 0 Å². The van der Waals surface area contributed by atoms with Crippen molar-refractivity contribution in [3.05, 3.63) is 34.9 Å². The summed E-state index contributed by atoms with van der Waals surface area (Å²) < 4.78 is 0. The van der Waals surface area contributed by atoms with Crippen LogP contribution in [-0.2, 0) is 6.54 Å². The molecule has 20 heavy (non-hydrogen) atoms. The van der Waals surface area contributed by atoms with Crippen molar-refractivity contribution in [2.75, 3.05) is 20.1 Å². The van der Waals surface area contributed by atoms with Crippen LogP contribution in [0.3, 0.4) is 0 Å². The van der Waals surface area contributed by atoms with E-state index in [1.165, 1.54) is 44.1 Å². The van der Waals surface area contributed by atoms with Gasteiger partial charge >= 0.3 is 0 Å².